The van der Waals surface area contributed by atoms with Gasteiger partial charge in [0.25, 0.3) is 0 Å². The van der Waals surface area contributed by atoms with Crippen LogP contribution in [0, 0.1) is 0 Å². The minimum absolute atomic E-state index is 0.0460. The van der Waals surface area contributed by atoms with E-state index in [1.54, 1.807) is 21.0 Å². The van der Waals surface area contributed by atoms with E-state index in [1.807, 2.05) is 29.2 Å². The fraction of sp³-hybridized carbons (Fsp3) is 0.556. The number of piperazine rings is 1. The van der Waals surface area contributed by atoms with Gasteiger partial charge in [0, 0.05) is 25.2 Å². The molecule has 25 heavy (non-hydrogen) atoms. The van der Waals surface area contributed by atoms with Crippen molar-refractivity contribution in [1.29, 1.82) is 0 Å². The Hall–Kier alpha value is -2.12. The van der Waals surface area contributed by atoms with Crippen molar-refractivity contribution in [3.8, 4) is 5.75 Å². The molecule has 1 aliphatic rings. The summed E-state index contributed by atoms with van der Waals surface area (Å²) in [4.78, 5) is 26.6. The van der Waals surface area contributed by atoms with E-state index in [1.165, 1.54) is 0 Å². The molecule has 1 aliphatic heterocycles. The Labute approximate surface area is 148 Å². The molecule has 7 heteroatoms. The second-order valence-corrected chi connectivity index (χ2v) is 6.88. The zero-order valence-corrected chi connectivity index (χ0v) is 15.0. The number of para-hydroxylation sites is 1. The average molecular weight is 349 g/mol. The molecule has 1 fully saturated rings. The highest BCUT2D eigenvalue weighted by atomic mass is 16.5. The van der Waals surface area contributed by atoms with Crippen LogP contribution in [0.3, 0.4) is 0 Å². The molecule has 0 spiro atoms. The molecule has 1 heterocycles. The first kappa shape index (κ1) is 19.2. The average Bonchev–Trinajstić information content (AvgIpc) is 2.58. The monoisotopic (exact) mass is 349 g/mol. The lowest BCUT2D eigenvalue weighted by Gasteiger charge is -2.35. The molecular weight excluding hydrogens is 322 g/mol. The number of amides is 2. The smallest absolute Gasteiger partial charge is 0.237 e. The Kier molecular flexibility index (Phi) is 6.39. The third-order valence-corrected chi connectivity index (χ3v) is 4.26. The maximum absolute atomic E-state index is 12.3. The fourth-order valence-corrected chi connectivity index (χ4v) is 2.87. The first-order chi connectivity index (χ1) is 11.9. The molecule has 2 amide bonds. The summed E-state index contributed by atoms with van der Waals surface area (Å²) in [6, 6.07) is 7.11. The van der Waals surface area contributed by atoms with Crippen molar-refractivity contribution in [1.82, 2.24) is 15.5 Å². The van der Waals surface area contributed by atoms with Gasteiger partial charge in [-0.05, 0) is 19.9 Å². The summed E-state index contributed by atoms with van der Waals surface area (Å²) < 4.78 is 5.38. The number of carbonyl (C=O) groups excluding carboxylic acids is 2. The lowest BCUT2D eigenvalue weighted by atomic mass is 10.0. The van der Waals surface area contributed by atoms with Crippen LogP contribution in [-0.2, 0) is 16.1 Å². The van der Waals surface area contributed by atoms with Gasteiger partial charge in [-0.1, -0.05) is 18.2 Å². The van der Waals surface area contributed by atoms with Crippen LogP contribution in [0.25, 0.3) is 0 Å². The van der Waals surface area contributed by atoms with Crippen LogP contribution in [0.2, 0.25) is 0 Å². The summed E-state index contributed by atoms with van der Waals surface area (Å²) in [5, 5.41) is 14.9. The van der Waals surface area contributed by atoms with Crippen LogP contribution in [-0.4, -0.2) is 60.2 Å². The number of hydrogen-bond acceptors (Lipinski definition) is 5. The Bertz CT molecular complexity index is 618. The van der Waals surface area contributed by atoms with Gasteiger partial charge in [0.2, 0.25) is 11.8 Å². The van der Waals surface area contributed by atoms with E-state index in [-0.39, 0.29) is 24.8 Å². The van der Waals surface area contributed by atoms with Gasteiger partial charge in [-0.25, -0.2) is 0 Å². The molecule has 1 atom stereocenters. The fourth-order valence-electron chi connectivity index (χ4n) is 2.87. The molecule has 0 aliphatic carbocycles. The number of hydrogen-bond donors (Lipinski definition) is 3. The van der Waals surface area contributed by atoms with Crippen LogP contribution in [0.5, 0.6) is 5.75 Å². The number of ether oxygens (including phenoxy) is 1. The predicted molar refractivity (Wildman–Crippen MR) is 94.1 cm³/mol. The lowest BCUT2D eigenvalue weighted by molar-refractivity contribution is -0.135. The van der Waals surface area contributed by atoms with Crippen LogP contribution < -0.4 is 15.4 Å². The number of nitrogens with zero attached hydrogens (tertiary/aromatic N) is 1. The van der Waals surface area contributed by atoms with Gasteiger partial charge in [0.05, 0.1) is 31.7 Å². The molecule has 1 aromatic rings. The summed E-state index contributed by atoms with van der Waals surface area (Å²) in [6.45, 7) is 5.04. The van der Waals surface area contributed by atoms with Crippen LogP contribution in [0.1, 0.15) is 25.8 Å². The number of carbonyl (C=O) groups is 2. The molecule has 2 rings (SSSR count). The summed E-state index contributed by atoms with van der Waals surface area (Å²) in [5.74, 6) is 0.349. The summed E-state index contributed by atoms with van der Waals surface area (Å²) in [5.41, 5.74) is 0.260. The highest BCUT2D eigenvalue weighted by Gasteiger charge is 2.33. The maximum Gasteiger partial charge on any atom is 0.237 e. The first-order valence-corrected chi connectivity index (χ1v) is 8.42. The van der Waals surface area contributed by atoms with E-state index in [4.69, 9.17) is 4.74 Å². The topological polar surface area (TPSA) is 90.9 Å². The van der Waals surface area contributed by atoms with Gasteiger partial charge in [-0.3, -0.25) is 14.5 Å². The van der Waals surface area contributed by atoms with Crippen molar-refractivity contribution in [2.45, 2.75) is 38.4 Å². The SMILES string of the molecule is COc1ccccc1CN1CCNC(=O)[C@H]1CC(=O)NC(C)(C)CO. The zero-order valence-electron chi connectivity index (χ0n) is 15.0. The van der Waals surface area contributed by atoms with Crippen LogP contribution in [0.15, 0.2) is 24.3 Å². The molecule has 0 radical (unpaired) electrons. The molecule has 0 saturated carbocycles. The number of aliphatic hydroxyl groups is 1. The third kappa shape index (κ3) is 5.17. The lowest BCUT2D eigenvalue weighted by Crippen LogP contribution is -2.57. The van der Waals surface area contributed by atoms with Crippen molar-refractivity contribution in [2.24, 2.45) is 0 Å². The molecule has 138 valence electrons. The van der Waals surface area contributed by atoms with E-state index in [2.05, 4.69) is 10.6 Å². The quantitative estimate of drug-likeness (QED) is 0.657. The van der Waals surface area contributed by atoms with Gasteiger partial charge in [0.15, 0.2) is 0 Å². The van der Waals surface area contributed by atoms with Crippen LogP contribution in [0.4, 0.5) is 0 Å². The van der Waals surface area contributed by atoms with Gasteiger partial charge in [-0.15, -0.1) is 0 Å². The second kappa shape index (κ2) is 8.31. The van der Waals surface area contributed by atoms with E-state index in [9.17, 15) is 14.7 Å². The second-order valence-electron chi connectivity index (χ2n) is 6.88. The maximum atomic E-state index is 12.3. The van der Waals surface area contributed by atoms with Crippen LogP contribution >= 0.6 is 0 Å². The molecular formula is C18H27N3O4. The van der Waals surface area contributed by atoms with Crippen molar-refractivity contribution in [2.75, 3.05) is 26.8 Å². The van der Waals surface area contributed by atoms with Gasteiger partial charge >= 0.3 is 0 Å². The van der Waals surface area contributed by atoms with Crippen molar-refractivity contribution < 1.29 is 19.4 Å². The van der Waals surface area contributed by atoms with E-state index < -0.39 is 11.6 Å². The summed E-state index contributed by atoms with van der Waals surface area (Å²) >= 11 is 0. The summed E-state index contributed by atoms with van der Waals surface area (Å²) in [6.07, 6.45) is 0.0460. The highest BCUT2D eigenvalue weighted by molar-refractivity contribution is 5.89. The zero-order chi connectivity index (χ0) is 18.4. The Morgan fingerprint density at radius 2 is 2.16 bits per heavy atom. The molecule has 7 nitrogen and oxygen atoms in total. The number of benzene rings is 1. The van der Waals surface area contributed by atoms with Crippen molar-refractivity contribution in [3.05, 3.63) is 29.8 Å². The predicted octanol–water partition coefficient (Wildman–Crippen LogP) is 0.273. The molecule has 1 saturated heterocycles. The number of aliphatic hydroxyl groups excluding tert-OH is 1. The van der Waals surface area contributed by atoms with Gasteiger partial charge < -0.3 is 20.5 Å². The van der Waals surface area contributed by atoms with E-state index in [0.717, 1.165) is 11.3 Å². The minimum Gasteiger partial charge on any atom is -0.496 e. The van der Waals surface area contributed by atoms with E-state index in [0.29, 0.717) is 19.6 Å². The Balaban J connectivity index is 2.10. The van der Waals surface area contributed by atoms with Crippen molar-refractivity contribution in [3.63, 3.8) is 0 Å². The normalized spacial score (nSPS) is 18.6. The Morgan fingerprint density at radius 3 is 2.84 bits per heavy atom. The van der Waals surface area contributed by atoms with E-state index >= 15 is 0 Å². The molecule has 0 unspecified atom stereocenters. The molecule has 3 N–H and O–H groups in total. The largest absolute Gasteiger partial charge is 0.496 e. The highest BCUT2D eigenvalue weighted by Crippen LogP contribution is 2.22. The molecule has 0 bridgehead atoms. The number of nitrogens with one attached hydrogen (secondary N) is 2. The molecule has 1 aromatic carbocycles. The first-order valence-electron chi connectivity index (χ1n) is 8.42. The minimum atomic E-state index is -0.713. The van der Waals surface area contributed by atoms with Gasteiger partial charge in [-0.2, -0.15) is 0 Å². The molecule has 0 aromatic heterocycles. The standard InChI is InChI=1S/C18H27N3O4/c1-18(2,12-22)20-16(23)10-14-17(24)19-8-9-21(14)11-13-6-4-5-7-15(13)25-3/h4-7,14,22H,8-12H2,1-3H3,(H,19,24)(H,20,23)/t14-/m1/s1. The summed E-state index contributed by atoms with van der Waals surface area (Å²) in [7, 11) is 1.61. The van der Waals surface area contributed by atoms with Gasteiger partial charge in [0.1, 0.15) is 5.75 Å². The van der Waals surface area contributed by atoms with Crippen molar-refractivity contribution >= 4 is 11.8 Å². The Morgan fingerprint density at radius 1 is 1.44 bits per heavy atom. The third-order valence-electron chi connectivity index (χ3n) is 4.26. The number of methoxy groups -OCH3 is 1. The number of rotatable bonds is 7.